The number of para-hydroxylation sites is 2. The molecule has 9 rings (SSSR count). The van der Waals surface area contributed by atoms with Crippen molar-refractivity contribution >= 4 is 38.9 Å². The summed E-state index contributed by atoms with van der Waals surface area (Å²) in [6, 6.07) is 64.2. The van der Waals surface area contributed by atoms with Crippen LogP contribution in [0.2, 0.25) is 0 Å². The van der Waals surface area contributed by atoms with Crippen LogP contribution in [0.4, 0.5) is 5.69 Å². The van der Waals surface area contributed by atoms with Crippen molar-refractivity contribution in [2.45, 2.75) is 6.29 Å². The molecule has 1 aromatic heterocycles. The van der Waals surface area contributed by atoms with E-state index in [-0.39, 0.29) is 6.29 Å². The number of nitrogens with one attached hydrogen (secondary N) is 2. The van der Waals surface area contributed by atoms with Crippen molar-refractivity contribution in [1.29, 1.82) is 0 Å². The van der Waals surface area contributed by atoms with Gasteiger partial charge in [0.1, 0.15) is 0 Å². The number of aliphatic imine (C=N–C) groups is 1. The van der Waals surface area contributed by atoms with Gasteiger partial charge in [0, 0.05) is 33.4 Å². The lowest BCUT2D eigenvalue weighted by Gasteiger charge is -2.27. The maximum atomic E-state index is 5.14. The van der Waals surface area contributed by atoms with Crippen molar-refractivity contribution in [2.75, 3.05) is 5.32 Å². The predicted octanol–water partition coefficient (Wildman–Crippen LogP) is 10.9. The molecule has 0 fully saturated rings. The number of anilines is 1. The van der Waals surface area contributed by atoms with Crippen LogP contribution in [0.3, 0.4) is 0 Å². The van der Waals surface area contributed by atoms with E-state index in [2.05, 4.69) is 191 Å². The van der Waals surface area contributed by atoms with Gasteiger partial charge in [0.05, 0.1) is 16.7 Å². The Balaban J connectivity index is 1.13. The third kappa shape index (κ3) is 5.53. The van der Waals surface area contributed by atoms with Crippen LogP contribution in [0.5, 0.6) is 0 Å². The fraction of sp³-hybridized carbons (Fsp3) is 0.0217. The first-order chi connectivity index (χ1) is 24.8. The zero-order valence-corrected chi connectivity index (χ0v) is 27.4. The molecule has 4 heteroatoms. The van der Waals surface area contributed by atoms with Gasteiger partial charge in [0.25, 0.3) is 0 Å². The van der Waals surface area contributed by atoms with E-state index < -0.39 is 0 Å². The lowest BCUT2D eigenvalue weighted by atomic mass is 9.96. The van der Waals surface area contributed by atoms with Crippen LogP contribution in [0, 0.1) is 0 Å². The summed E-state index contributed by atoms with van der Waals surface area (Å²) in [4.78, 5) is 5.14. The Morgan fingerprint density at radius 3 is 1.80 bits per heavy atom. The third-order valence-corrected chi connectivity index (χ3v) is 9.41. The molecule has 0 bridgehead atoms. The van der Waals surface area contributed by atoms with Crippen molar-refractivity contribution in [3.8, 4) is 27.9 Å². The Kier molecular flexibility index (Phi) is 7.52. The zero-order valence-electron chi connectivity index (χ0n) is 27.4. The van der Waals surface area contributed by atoms with Gasteiger partial charge in [-0.1, -0.05) is 140 Å². The molecule has 4 nitrogen and oxygen atoms in total. The van der Waals surface area contributed by atoms with E-state index in [1.165, 1.54) is 27.4 Å². The van der Waals surface area contributed by atoms with Crippen LogP contribution >= 0.6 is 0 Å². The molecule has 0 saturated carbocycles. The summed E-state index contributed by atoms with van der Waals surface area (Å²) in [5.41, 5.74) is 13.3. The van der Waals surface area contributed by atoms with Crippen LogP contribution < -0.4 is 10.6 Å². The van der Waals surface area contributed by atoms with E-state index in [4.69, 9.17) is 4.99 Å². The molecule has 0 radical (unpaired) electrons. The second-order valence-electron chi connectivity index (χ2n) is 12.5. The second kappa shape index (κ2) is 12.8. The van der Waals surface area contributed by atoms with Crippen molar-refractivity contribution in [3.05, 3.63) is 199 Å². The number of hydrogen-bond donors (Lipinski definition) is 2. The minimum atomic E-state index is -0.376. The van der Waals surface area contributed by atoms with Gasteiger partial charge in [-0.25, -0.2) is 4.99 Å². The fourth-order valence-corrected chi connectivity index (χ4v) is 7.02. The maximum Gasteiger partial charge on any atom is 0.194 e. The van der Waals surface area contributed by atoms with Crippen molar-refractivity contribution in [1.82, 2.24) is 9.88 Å². The molecule has 2 heterocycles. The molecule has 0 spiro atoms. The Bertz CT molecular complexity index is 2520. The van der Waals surface area contributed by atoms with Gasteiger partial charge in [0.15, 0.2) is 6.29 Å². The zero-order chi connectivity index (χ0) is 33.3. The SMILES string of the molecule is C1=C(c2ccccc2)NC(Nc2ccc(-c3ccc4c(c3)c3ccccc3n4-c3ccccc3)cc2-c2ccccc2)N=C1c1ccccc1. The standard InChI is InChI=1S/C46H34N4/c1-5-15-32(16-6-1)39-29-35(36-26-28-45-40(30-36)38-23-13-14-24-44(38)50(45)37-21-11-4-12-22-37)25-27-41(39)47-46-48-42(33-17-7-2-8-18-33)31-43(49-46)34-19-9-3-10-20-34/h1-31,46-48H. The third-order valence-electron chi connectivity index (χ3n) is 9.41. The van der Waals surface area contributed by atoms with Crippen LogP contribution in [0.15, 0.2) is 193 Å². The number of aromatic nitrogens is 1. The minimum absolute atomic E-state index is 0.376. The molecule has 1 unspecified atom stereocenters. The fourth-order valence-electron chi connectivity index (χ4n) is 7.02. The first kappa shape index (κ1) is 29.5. The highest BCUT2D eigenvalue weighted by Gasteiger charge is 2.20. The van der Waals surface area contributed by atoms with Crippen LogP contribution in [0.1, 0.15) is 11.1 Å². The Hall–Kier alpha value is -6.65. The van der Waals surface area contributed by atoms with Gasteiger partial charge in [0.2, 0.25) is 0 Å². The predicted molar refractivity (Wildman–Crippen MR) is 210 cm³/mol. The van der Waals surface area contributed by atoms with Crippen LogP contribution in [0.25, 0.3) is 55.4 Å². The van der Waals surface area contributed by atoms with Gasteiger partial charge >= 0.3 is 0 Å². The van der Waals surface area contributed by atoms with Crippen molar-refractivity contribution < 1.29 is 0 Å². The second-order valence-corrected chi connectivity index (χ2v) is 12.5. The van der Waals surface area contributed by atoms with Crippen molar-refractivity contribution in [3.63, 3.8) is 0 Å². The lowest BCUT2D eigenvalue weighted by Crippen LogP contribution is -2.37. The van der Waals surface area contributed by atoms with Crippen molar-refractivity contribution in [2.24, 2.45) is 4.99 Å². The Morgan fingerprint density at radius 1 is 0.480 bits per heavy atom. The number of allylic oxidation sites excluding steroid dienone is 1. The summed E-state index contributed by atoms with van der Waals surface area (Å²) < 4.78 is 2.36. The van der Waals surface area contributed by atoms with Gasteiger partial charge in [-0.2, -0.15) is 0 Å². The van der Waals surface area contributed by atoms with E-state index >= 15 is 0 Å². The highest BCUT2D eigenvalue weighted by molar-refractivity contribution is 6.13. The number of hydrogen-bond acceptors (Lipinski definition) is 3. The quantitative estimate of drug-likeness (QED) is 0.182. The van der Waals surface area contributed by atoms with Gasteiger partial charge in [-0.05, 0) is 76.4 Å². The topological polar surface area (TPSA) is 41.3 Å². The highest BCUT2D eigenvalue weighted by atomic mass is 15.3. The molecular weight excluding hydrogens is 609 g/mol. The summed E-state index contributed by atoms with van der Waals surface area (Å²) in [5, 5.41) is 9.89. The Morgan fingerprint density at radius 2 is 1.06 bits per heavy atom. The van der Waals surface area contributed by atoms with E-state index in [9.17, 15) is 0 Å². The Labute approximate surface area is 291 Å². The molecule has 7 aromatic carbocycles. The lowest BCUT2D eigenvalue weighted by molar-refractivity contribution is 0.696. The van der Waals surface area contributed by atoms with Gasteiger partial charge in [-0.15, -0.1) is 0 Å². The number of rotatable bonds is 7. The molecule has 1 atom stereocenters. The molecule has 1 aliphatic heterocycles. The summed E-state index contributed by atoms with van der Waals surface area (Å²) in [7, 11) is 0. The van der Waals surface area contributed by atoms with E-state index in [1.807, 2.05) is 12.1 Å². The molecule has 238 valence electrons. The molecule has 50 heavy (non-hydrogen) atoms. The molecule has 0 amide bonds. The monoisotopic (exact) mass is 642 g/mol. The summed E-state index contributed by atoms with van der Waals surface area (Å²) in [6.45, 7) is 0. The summed E-state index contributed by atoms with van der Waals surface area (Å²) in [5.74, 6) is 0. The van der Waals surface area contributed by atoms with E-state index in [1.54, 1.807) is 0 Å². The molecule has 0 saturated heterocycles. The van der Waals surface area contributed by atoms with Crippen LogP contribution in [-0.4, -0.2) is 16.6 Å². The number of benzene rings is 7. The number of fused-ring (bicyclic) bond motifs is 3. The smallest absolute Gasteiger partial charge is 0.194 e. The van der Waals surface area contributed by atoms with Gasteiger partial charge < -0.3 is 15.2 Å². The highest BCUT2D eigenvalue weighted by Crippen LogP contribution is 2.38. The molecule has 0 aliphatic carbocycles. The summed E-state index contributed by atoms with van der Waals surface area (Å²) >= 11 is 0. The largest absolute Gasteiger partial charge is 0.346 e. The number of nitrogens with zero attached hydrogens (tertiary/aromatic N) is 2. The van der Waals surface area contributed by atoms with E-state index in [0.29, 0.717) is 0 Å². The molecule has 1 aliphatic rings. The average Bonchev–Trinajstić information content (AvgIpc) is 3.53. The minimum Gasteiger partial charge on any atom is -0.346 e. The average molecular weight is 643 g/mol. The normalized spacial score (nSPS) is 14.2. The maximum absolute atomic E-state index is 5.14. The summed E-state index contributed by atoms with van der Waals surface area (Å²) in [6.07, 6.45) is 1.76. The first-order valence-corrected chi connectivity index (χ1v) is 17.0. The first-order valence-electron chi connectivity index (χ1n) is 17.0. The van der Waals surface area contributed by atoms with Gasteiger partial charge in [-0.3, -0.25) is 0 Å². The molecule has 8 aromatic rings. The molecular formula is C46H34N4. The molecule has 2 N–H and O–H groups in total. The van der Waals surface area contributed by atoms with E-state index in [0.717, 1.165) is 50.6 Å². The van der Waals surface area contributed by atoms with Crippen LogP contribution in [-0.2, 0) is 0 Å².